The van der Waals surface area contributed by atoms with Crippen LogP contribution in [0.1, 0.15) is 27.8 Å². The largest absolute Gasteiger partial charge is 0.333 e. The Bertz CT molecular complexity index is 1070. The Morgan fingerprint density at radius 1 is 1.00 bits per heavy atom. The summed E-state index contributed by atoms with van der Waals surface area (Å²) in [7, 11) is 0. The molecule has 3 aromatic carbocycles. The van der Waals surface area contributed by atoms with E-state index in [2.05, 4.69) is 0 Å². The van der Waals surface area contributed by atoms with Crippen LogP contribution in [0.3, 0.4) is 0 Å². The molecule has 1 heterocycles. The quantitative estimate of drug-likeness (QED) is 0.586. The van der Waals surface area contributed by atoms with Gasteiger partial charge in [0.15, 0.2) is 0 Å². The molecule has 2 N–H and O–H groups in total. The first-order valence-electron chi connectivity index (χ1n) is 9.83. The van der Waals surface area contributed by atoms with Gasteiger partial charge in [0.25, 0.3) is 0 Å². The molecule has 30 heavy (non-hydrogen) atoms. The Labute approximate surface area is 180 Å². The third kappa shape index (κ3) is 4.61. The first-order valence-corrected chi connectivity index (χ1v) is 10.2. The molecule has 3 aromatic rings. The van der Waals surface area contributed by atoms with Gasteiger partial charge < -0.3 is 10.6 Å². The Balaban J connectivity index is 1.40. The number of rotatable bonds is 5. The summed E-state index contributed by atoms with van der Waals surface area (Å²) in [6, 6.07) is 19.4. The number of hydrogen-bond acceptors (Lipinski definition) is 2. The molecule has 1 amide bonds. The molecule has 1 aliphatic rings. The van der Waals surface area contributed by atoms with Crippen LogP contribution in [0.4, 0.5) is 4.39 Å². The highest BCUT2D eigenvalue weighted by Crippen LogP contribution is 2.25. The maximum Gasteiger partial charge on any atom is 0.240 e. The molecule has 0 bridgehead atoms. The normalized spacial score (nSPS) is 14.2. The maximum absolute atomic E-state index is 13.0. The summed E-state index contributed by atoms with van der Waals surface area (Å²) in [5.74, 6) is -0.328. The van der Waals surface area contributed by atoms with Crippen LogP contribution < -0.4 is 5.73 Å². The lowest BCUT2D eigenvalue weighted by atomic mass is 10.0. The number of nitrogens with two attached hydrogens (primary N) is 1. The topological polar surface area (TPSA) is 46.3 Å². The maximum atomic E-state index is 13.0. The molecule has 0 aliphatic carbocycles. The number of carbonyl (C=O) groups excluding carboxylic acids is 1. The lowest BCUT2D eigenvalue weighted by Gasteiger charge is -2.20. The van der Waals surface area contributed by atoms with Crippen LogP contribution >= 0.6 is 11.6 Å². The van der Waals surface area contributed by atoms with E-state index in [-0.39, 0.29) is 11.7 Å². The smallest absolute Gasteiger partial charge is 0.240 e. The number of halogens is 2. The fourth-order valence-corrected chi connectivity index (χ4v) is 3.91. The van der Waals surface area contributed by atoms with Crippen LogP contribution in [-0.4, -0.2) is 16.8 Å². The van der Waals surface area contributed by atoms with Crippen LogP contribution in [0.15, 0.2) is 66.7 Å². The van der Waals surface area contributed by atoms with Crippen LogP contribution in [0.25, 0.3) is 12.2 Å². The minimum absolute atomic E-state index is 0.0671. The van der Waals surface area contributed by atoms with Crippen molar-refractivity contribution in [1.29, 1.82) is 0 Å². The average molecular weight is 421 g/mol. The zero-order valence-electron chi connectivity index (χ0n) is 16.4. The molecule has 0 aromatic heterocycles. The third-order valence-electron chi connectivity index (χ3n) is 5.32. The summed E-state index contributed by atoms with van der Waals surface area (Å²) in [5, 5.41) is 0.573. The van der Waals surface area contributed by atoms with Gasteiger partial charge in [0.05, 0.1) is 6.04 Å². The van der Waals surface area contributed by atoms with Gasteiger partial charge in [-0.1, -0.05) is 72.3 Å². The molecule has 0 spiro atoms. The number of benzene rings is 3. The van der Waals surface area contributed by atoms with Gasteiger partial charge in [-0.2, -0.15) is 0 Å². The van der Waals surface area contributed by atoms with Crippen LogP contribution in [0.5, 0.6) is 0 Å². The Kier molecular flexibility index (Phi) is 5.98. The predicted octanol–water partition coefficient (Wildman–Crippen LogP) is 5.06. The van der Waals surface area contributed by atoms with E-state index in [1.54, 1.807) is 17.0 Å². The lowest BCUT2D eigenvalue weighted by Crippen LogP contribution is -2.42. The number of amides is 1. The molecule has 0 fully saturated rings. The number of hydrogen-bond donors (Lipinski definition) is 1. The van der Waals surface area contributed by atoms with Gasteiger partial charge >= 0.3 is 0 Å². The van der Waals surface area contributed by atoms with E-state index in [0.29, 0.717) is 24.5 Å². The van der Waals surface area contributed by atoms with E-state index in [1.807, 2.05) is 54.6 Å². The second-order valence-corrected chi connectivity index (χ2v) is 7.92. The summed E-state index contributed by atoms with van der Waals surface area (Å²) < 4.78 is 13.0. The second-order valence-electron chi connectivity index (χ2n) is 7.51. The fourth-order valence-electron chi connectivity index (χ4n) is 3.65. The summed E-state index contributed by atoms with van der Waals surface area (Å²) in [4.78, 5) is 14.6. The van der Waals surface area contributed by atoms with E-state index in [0.717, 1.165) is 16.7 Å². The van der Waals surface area contributed by atoms with E-state index in [4.69, 9.17) is 17.3 Å². The van der Waals surface area contributed by atoms with Gasteiger partial charge in [-0.3, -0.25) is 4.79 Å². The average Bonchev–Trinajstić information content (AvgIpc) is 3.18. The minimum atomic E-state index is -0.641. The van der Waals surface area contributed by atoms with Crippen LogP contribution in [-0.2, 0) is 24.3 Å². The molecule has 0 saturated carbocycles. The zero-order valence-corrected chi connectivity index (χ0v) is 17.1. The number of carbonyl (C=O) groups is 1. The molecular weight excluding hydrogens is 399 g/mol. The molecule has 0 saturated heterocycles. The Morgan fingerprint density at radius 2 is 1.60 bits per heavy atom. The van der Waals surface area contributed by atoms with Crippen molar-refractivity contribution in [2.75, 3.05) is 0 Å². The third-order valence-corrected chi connectivity index (χ3v) is 5.68. The van der Waals surface area contributed by atoms with Crippen molar-refractivity contribution in [3.8, 4) is 0 Å². The Hall–Kier alpha value is -2.95. The molecule has 1 unspecified atom stereocenters. The number of nitrogens with zero attached hydrogens (tertiary/aromatic N) is 1. The van der Waals surface area contributed by atoms with Gasteiger partial charge in [0.1, 0.15) is 5.82 Å². The molecular formula is C25H22ClFN2O. The molecule has 1 atom stereocenters. The van der Waals surface area contributed by atoms with Gasteiger partial charge in [-0.05, 0) is 52.4 Å². The Morgan fingerprint density at radius 3 is 2.23 bits per heavy atom. The highest BCUT2D eigenvalue weighted by molar-refractivity contribution is 6.31. The van der Waals surface area contributed by atoms with Crippen molar-refractivity contribution in [2.24, 2.45) is 5.73 Å². The van der Waals surface area contributed by atoms with Crippen molar-refractivity contribution >= 4 is 29.7 Å². The van der Waals surface area contributed by atoms with Crippen molar-refractivity contribution in [3.05, 3.63) is 105 Å². The molecule has 3 nitrogen and oxygen atoms in total. The standard InChI is InChI=1S/C25H22ClFN2O/c26-23-13-18(6-5-17-8-11-22(27)12-9-17)7-10-19(23)14-24(28)25(30)29-15-20-3-1-2-4-21(20)16-29/h1-13,24H,14-16,28H2. The highest BCUT2D eigenvalue weighted by atomic mass is 35.5. The molecule has 4 rings (SSSR count). The monoisotopic (exact) mass is 420 g/mol. The number of fused-ring (bicyclic) bond motifs is 1. The minimum Gasteiger partial charge on any atom is -0.333 e. The van der Waals surface area contributed by atoms with Crippen molar-refractivity contribution in [3.63, 3.8) is 0 Å². The summed E-state index contributed by atoms with van der Waals surface area (Å²) in [6.07, 6.45) is 4.19. The SMILES string of the molecule is NC(Cc1ccc(C=Cc2ccc(F)cc2)cc1Cl)C(=O)N1Cc2ccccc2C1. The molecule has 5 heteroatoms. The van der Waals surface area contributed by atoms with Crippen molar-refractivity contribution < 1.29 is 9.18 Å². The summed E-state index contributed by atoms with van der Waals surface area (Å²) in [5.41, 5.74) is 11.2. The van der Waals surface area contributed by atoms with Gasteiger partial charge in [-0.25, -0.2) is 4.39 Å². The first kappa shape index (κ1) is 20.3. The van der Waals surface area contributed by atoms with E-state index >= 15 is 0 Å². The van der Waals surface area contributed by atoms with E-state index < -0.39 is 6.04 Å². The summed E-state index contributed by atoms with van der Waals surface area (Å²) >= 11 is 6.45. The zero-order chi connectivity index (χ0) is 21.1. The first-order chi connectivity index (χ1) is 14.5. The summed E-state index contributed by atoms with van der Waals surface area (Å²) in [6.45, 7) is 1.20. The van der Waals surface area contributed by atoms with Gasteiger partial charge in [0.2, 0.25) is 5.91 Å². The van der Waals surface area contributed by atoms with Gasteiger partial charge in [-0.15, -0.1) is 0 Å². The van der Waals surface area contributed by atoms with Crippen LogP contribution in [0, 0.1) is 5.82 Å². The molecule has 0 radical (unpaired) electrons. The van der Waals surface area contributed by atoms with E-state index in [1.165, 1.54) is 23.3 Å². The van der Waals surface area contributed by atoms with E-state index in [9.17, 15) is 9.18 Å². The lowest BCUT2D eigenvalue weighted by molar-refractivity contribution is -0.133. The molecule has 152 valence electrons. The fraction of sp³-hybridized carbons (Fsp3) is 0.160. The van der Waals surface area contributed by atoms with Crippen molar-refractivity contribution in [1.82, 2.24) is 4.90 Å². The molecule has 1 aliphatic heterocycles. The van der Waals surface area contributed by atoms with Crippen molar-refractivity contribution in [2.45, 2.75) is 25.6 Å². The van der Waals surface area contributed by atoms with Gasteiger partial charge in [0, 0.05) is 18.1 Å². The predicted molar refractivity (Wildman–Crippen MR) is 119 cm³/mol. The van der Waals surface area contributed by atoms with Crippen LogP contribution in [0.2, 0.25) is 5.02 Å². The second kappa shape index (κ2) is 8.82. The highest BCUT2D eigenvalue weighted by Gasteiger charge is 2.27.